The number of hydrogen-bond acceptors (Lipinski definition) is 3. The van der Waals surface area contributed by atoms with Crippen molar-refractivity contribution >= 4 is 17.4 Å². The van der Waals surface area contributed by atoms with Crippen LogP contribution in [0.1, 0.15) is 15.9 Å². The van der Waals surface area contributed by atoms with E-state index in [9.17, 15) is 9.18 Å². The predicted octanol–water partition coefficient (Wildman–Crippen LogP) is 3.68. The number of hydrogen-bond donors (Lipinski definition) is 0. The van der Waals surface area contributed by atoms with Crippen LogP contribution in [0, 0.1) is 5.82 Å². The fourth-order valence-electron chi connectivity index (χ4n) is 2.17. The molecule has 108 valence electrons. The maximum absolute atomic E-state index is 13.2. The summed E-state index contributed by atoms with van der Waals surface area (Å²) in [6.45, 7) is 0.958. The number of fused-ring (bicyclic) bond motifs is 1. The topological polar surface area (TPSA) is 35.5 Å². The monoisotopic (exact) mass is 306 g/mol. The first-order chi connectivity index (χ1) is 10.1. The molecule has 3 rings (SSSR count). The molecule has 0 N–H and O–H groups in total. The molecular formula is C16H12ClFO3. The molecule has 2 aromatic rings. The molecule has 5 heteroatoms. The molecule has 1 aliphatic rings. The Morgan fingerprint density at radius 3 is 2.67 bits per heavy atom. The predicted molar refractivity (Wildman–Crippen MR) is 76.9 cm³/mol. The molecule has 3 nitrogen and oxygen atoms in total. The summed E-state index contributed by atoms with van der Waals surface area (Å²) < 4.78 is 24.1. The van der Waals surface area contributed by atoms with E-state index in [1.165, 1.54) is 18.2 Å². The number of ether oxygens (including phenoxy) is 2. The minimum Gasteiger partial charge on any atom is -0.486 e. The zero-order chi connectivity index (χ0) is 14.8. The highest BCUT2D eigenvalue weighted by Gasteiger charge is 2.16. The first-order valence-corrected chi connectivity index (χ1v) is 6.88. The van der Waals surface area contributed by atoms with Crippen LogP contribution in [0.3, 0.4) is 0 Å². The van der Waals surface area contributed by atoms with Gasteiger partial charge in [-0.05, 0) is 42.0 Å². The van der Waals surface area contributed by atoms with Crippen molar-refractivity contribution in [3.05, 3.63) is 58.4 Å². The Kier molecular flexibility index (Phi) is 3.80. The number of carbonyl (C=O) groups excluding carboxylic acids is 1. The Labute approximate surface area is 126 Å². The lowest BCUT2D eigenvalue weighted by Gasteiger charge is -2.18. The molecule has 1 aliphatic heterocycles. The summed E-state index contributed by atoms with van der Waals surface area (Å²) in [6, 6.07) is 9.00. The summed E-state index contributed by atoms with van der Waals surface area (Å²) >= 11 is 5.98. The van der Waals surface area contributed by atoms with E-state index in [0.717, 1.165) is 0 Å². The maximum Gasteiger partial charge on any atom is 0.167 e. The molecule has 2 aromatic carbocycles. The van der Waals surface area contributed by atoms with Crippen LogP contribution in [-0.4, -0.2) is 19.0 Å². The van der Waals surface area contributed by atoms with Gasteiger partial charge in [-0.2, -0.15) is 0 Å². The quantitative estimate of drug-likeness (QED) is 0.812. The minimum atomic E-state index is -0.413. The molecule has 0 atom stereocenters. The van der Waals surface area contributed by atoms with Gasteiger partial charge in [0.05, 0.1) is 0 Å². The lowest BCUT2D eigenvalue weighted by molar-refractivity contribution is 0.0991. The number of rotatable bonds is 3. The van der Waals surface area contributed by atoms with Gasteiger partial charge in [0.2, 0.25) is 0 Å². The first-order valence-electron chi connectivity index (χ1n) is 6.50. The number of Topliss-reactive ketones (excluding diaryl/α,β-unsaturated/α-hetero) is 1. The number of carbonyl (C=O) groups is 1. The molecule has 0 spiro atoms. The van der Waals surface area contributed by atoms with Gasteiger partial charge in [0.25, 0.3) is 0 Å². The summed E-state index contributed by atoms with van der Waals surface area (Å²) in [6.07, 6.45) is 0.0379. The molecule has 0 bridgehead atoms. The summed E-state index contributed by atoms with van der Waals surface area (Å²) in [7, 11) is 0. The molecule has 0 saturated heterocycles. The SMILES string of the molecule is O=C(Cc1cc(F)ccc1Cl)c1ccc2c(c1)OCCO2. The average molecular weight is 307 g/mol. The van der Waals surface area contributed by atoms with Gasteiger partial charge >= 0.3 is 0 Å². The van der Waals surface area contributed by atoms with Crippen molar-refractivity contribution in [2.24, 2.45) is 0 Å². The van der Waals surface area contributed by atoms with Crippen molar-refractivity contribution in [2.45, 2.75) is 6.42 Å². The van der Waals surface area contributed by atoms with Crippen molar-refractivity contribution in [1.82, 2.24) is 0 Å². The van der Waals surface area contributed by atoms with Gasteiger partial charge in [0.15, 0.2) is 17.3 Å². The normalized spacial score (nSPS) is 13.0. The van der Waals surface area contributed by atoms with Crippen molar-refractivity contribution in [3.8, 4) is 11.5 Å². The highest BCUT2D eigenvalue weighted by molar-refractivity contribution is 6.31. The second-order valence-electron chi connectivity index (χ2n) is 4.69. The van der Waals surface area contributed by atoms with E-state index in [0.29, 0.717) is 40.9 Å². The second-order valence-corrected chi connectivity index (χ2v) is 5.10. The molecule has 21 heavy (non-hydrogen) atoms. The van der Waals surface area contributed by atoms with Crippen LogP contribution in [0.2, 0.25) is 5.02 Å². The van der Waals surface area contributed by atoms with Gasteiger partial charge in [-0.1, -0.05) is 11.6 Å². The highest BCUT2D eigenvalue weighted by atomic mass is 35.5. The first kappa shape index (κ1) is 13.9. The largest absolute Gasteiger partial charge is 0.486 e. The van der Waals surface area contributed by atoms with Crippen molar-refractivity contribution in [3.63, 3.8) is 0 Å². The van der Waals surface area contributed by atoms with Crippen LogP contribution in [-0.2, 0) is 6.42 Å². The molecule has 1 heterocycles. The van der Waals surface area contributed by atoms with E-state index in [4.69, 9.17) is 21.1 Å². The average Bonchev–Trinajstić information content (AvgIpc) is 2.50. The van der Waals surface area contributed by atoms with E-state index in [1.54, 1.807) is 18.2 Å². The maximum atomic E-state index is 13.2. The highest BCUT2D eigenvalue weighted by Crippen LogP contribution is 2.31. The Bertz CT molecular complexity index is 700. The molecule has 0 radical (unpaired) electrons. The Morgan fingerprint density at radius 2 is 1.86 bits per heavy atom. The van der Waals surface area contributed by atoms with Gasteiger partial charge < -0.3 is 9.47 Å². The van der Waals surface area contributed by atoms with Crippen LogP contribution >= 0.6 is 11.6 Å². The fourth-order valence-corrected chi connectivity index (χ4v) is 2.35. The standard InChI is InChI=1S/C16H12ClFO3/c17-13-3-2-12(18)7-11(13)8-14(19)10-1-4-15-16(9-10)21-6-5-20-15/h1-4,7,9H,5-6,8H2. The number of halogens is 2. The third kappa shape index (κ3) is 3.00. The number of ketones is 1. The fraction of sp³-hybridized carbons (Fsp3) is 0.188. The third-order valence-electron chi connectivity index (χ3n) is 3.22. The minimum absolute atomic E-state index is 0.0379. The smallest absolute Gasteiger partial charge is 0.167 e. The van der Waals surface area contributed by atoms with E-state index in [1.807, 2.05) is 0 Å². The van der Waals surface area contributed by atoms with Gasteiger partial charge in [-0.3, -0.25) is 4.79 Å². The van der Waals surface area contributed by atoms with E-state index in [2.05, 4.69) is 0 Å². The summed E-state index contributed by atoms with van der Waals surface area (Å²) in [5.74, 6) is 0.614. The summed E-state index contributed by atoms with van der Waals surface area (Å²) in [5.41, 5.74) is 0.955. The molecule has 0 amide bonds. The van der Waals surface area contributed by atoms with Crippen LogP contribution in [0.25, 0.3) is 0 Å². The van der Waals surface area contributed by atoms with Gasteiger partial charge in [-0.25, -0.2) is 4.39 Å². The van der Waals surface area contributed by atoms with E-state index in [-0.39, 0.29) is 12.2 Å². The van der Waals surface area contributed by atoms with Crippen LogP contribution in [0.5, 0.6) is 11.5 Å². The van der Waals surface area contributed by atoms with E-state index >= 15 is 0 Å². The molecule has 0 fully saturated rings. The van der Waals surface area contributed by atoms with Crippen molar-refractivity contribution in [1.29, 1.82) is 0 Å². The lowest BCUT2D eigenvalue weighted by atomic mass is 10.0. The van der Waals surface area contributed by atoms with E-state index < -0.39 is 5.82 Å². The van der Waals surface area contributed by atoms with Crippen molar-refractivity contribution < 1.29 is 18.7 Å². The molecule has 0 saturated carbocycles. The Morgan fingerprint density at radius 1 is 1.10 bits per heavy atom. The van der Waals surface area contributed by atoms with Gasteiger partial charge in [-0.15, -0.1) is 0 Å². The van der Waals surface area contributed by atoms with Gasteiger partial charge in [0, 0.05) is 17.0 Å². The second kappa shape index (κ2) is 5.74. The summed E-state index contributed by atoms with van der Waals surface area (Å²) in [4.78, 5) is 12.3. The number of benzene rings is 2. The molecule has 0 aliphatic carbocycles. The molecular weight excluding hydrogens is 295 g/mol. The zero-order valence-corrected chi connectivity index (χ0v) is 11.8. The summed E-state index contributed by atoms with van der Waals surface area (Å²) in [5, 5.41) is 0.377. The molecule has 0 unspecified atom stereocenters. The van der Waals surface area contributed by atoms with Crippen molar-refractivity contribution in [2.75, 3.05) is 13.2 Å². The van der Waals surface area contributed by atoms with Crippen LogP contribution in [0.15, 0.2) is 36.4 Å². The zero-order valence-electron chi connectivity index (χ0n) is 11.1. The Balaban J connectivity index is 1.83. The third-order valence-corrected chi connectivity index (χ3v) is 3.59. The van der Waals surface area contributed by atoms with Crippen LogP contribution < -0.4 is 9.47 Å². The lowest BCUT2D eigenvalue weighted by Crippen LogP contribution is -2.16. The van der Waals surface area contributed by atoms with Gasteiger partial charge in [0.1, 0.15) is 19.0 Å². The van der Waals surface area contributed by atoms with Crippen LogP contribution in [0.4, 0.5) is 4.39 Å². The molecule has 0 aromatic heterocycles. The Hall–Kier alpha value is -2.07.